The highest BCUT2D eigenvalue weighted by molar-refractivity contribution is 9.10. The molecule has 0 radical (unpaired) electrons. The van der Waals surface area contributed by atoms with Crippen molar-refractivity contribution in [2.75, 3.05) is 0 Å². The fourth-order valence-corrected chi connectivity index (χ4v) is 1.85. The summed E-state index contributed by atoms with van der Waals surface area (Å²) < 4.78 is 1.05. The van der Waals surface area contributed by atoms with Gasteiger partial charge in [0, 0.05) is 17.1 Å². The number of benzene rings is 1. The molecule has 1 aromatic carbocycles. The summed E-state index contributed by atoms with van der Waals surface area (Å²) in [4.78, 5) is 8.43. The third-order valence-electron chi connectivity index (χ3n) is 2.23. The van der Waals surface area contributed by atoms with Crippen molar-refractivity contribution in [2.24, 2.45) is 0 Å². The second-order valence-corrected chi connectivity index (χ2v) is 4.24. The maximum atomic E-state index is 8.98. The minimum Gasteiger partial charge on any atom is -0.390 e. The van der Waals surface area contributed by atoms with Crippen LogP contribution in [-0.4, -0.2) is 15.1 Å². The first-order chi connectivity index (χ1) is 7.79. The van der Waals surface area contributed by atoms with Gasteiger partial charge in [0.1, 0.15) is 5.82 Å². The van der Waals surface area contributed by atoms with E-state index in [9.17, 15) is 0 Å². The average molecular weight is 279 g/mol. The lowest BCUT2D eigenvalue weighted by molar-refractivity contribution is 0.276. The molecule has 0 aliphatic carbocycles. The molecule has 16 heavy (non-hydrogen) atoms. The molecule has 0 amide bonds. The molecule has 0 aliphatic rings. The fourth-order valence-electron chi connectivity index (χ4n) is 1.43. The summed E-state index contributed by atoms with van der Waals surface area (Å²) in [5.41, 5.74) is 1.79. The predicted molar refractivity (Wildman–Crippen MR) is 64.9 cm³/mol. The number of aromatic nitrogens is 2. The Morgan fingerprint density at radius 1 is 1.19 bits per heavy atom. The summed E-state index contributed by atoms with van der Waals surface area (Å²) in [6.45, 7) is -0.0501. The second kappa shape index (κ2) is 5.18. The maximum Gasteiger partial charge on any atom is 0.133 e. The van der Waals surface area contributed by atoms with Crippen LogP contribution in [0.1, 0.15) is 17.1 Å². The normalized spacial score (nSPS) is 10.4. The molecule has 0 bridgehead atoms. The number of aliphatic hydroxyl groups excluding tert-OH is 1. The first-order valence-electron chi connectivity index (χ1n) is 4.94. The zero-order valence-electron chi connectivity index (χ0n) is 8.60. The Labute approximate surface area is 102 Å². The Morgan fingerprint density at radius 2 is 2.00 bits per heavy atom. The molecule has 0 fully saturated rings. The number of aliphatic hydroxyl groups is 1. The first kappa shape index (κ1) is 11.2. The van der Waals surface area contributed by atoms with Crippen LogP contribution in [0.3, 0.4) is 0 Å². The second-order valence-electron chi connectivity index (χ2n) is 3.39. The summed E-state index contributed by atoms with van der Waals surface area (Å²) in [6.07, 6.45) is 2.33. The minimum absolute atomic E-state index is 0.0501. The largest absolute Gasteiger partial charge is 0.390 e. The maximum absolute atomic E-state index is 8.98. The quantitative estimate of drug-likeness (QED) is 0.937. The van der Waals surface area contributed by atoms with Crippen molar-refractivity contribution in [1.29, 1.82) is 0 Å². The number of halogens is 1. The lowest BCUT2D eigenvalue weighted by atomic mass is 10.1. The van der Waals surface area contributed by atoms with Gasteiger partial charge in [-0.2, -0.15) is 0 Å². The molecule has 1 N–H and O–H groups in total. The molecule has 1 aromatic heterocycles. The van der Waals surface area contributed by atoms with Gasteiger partial charge >= 0.3 is 0 Å². The van der Waals surface area contributed by atoms with Crippen LogP contribution in [0, 0.1) is 0 Å². The Morgan fingerprint density at radius 3 is 2.75 bits per heavy atom. The van der Waals surface area contributed by atoms with Crippen LogP contribution >= 0.6 is 15.9 Å². The zero-order chi connectivity index (χ0) is 11.4. The molecule has 1 heterocycles. The Balaban J connectivity index is 2.24. The predicted octanol–water partition coefficient (Wildman–Crippen LogP) is 2.32. The highest BCUT2D eigenvalue weighted by Crippen LogP contribution is 2.18. The first-order valence-corrected chi connectivity index (χ1v) is 5.74. The van der Waals surface area contributed by atoms with E-state index in [-0.39, 0.29) is 6.61 Å². The van der Waals surface area contributed by atoms with Gasteiger partial charge in [-0.25, -0.2) is 9.97 Å². The van der Waals surface area contributed by atoms with Gasteiger partial charge in [0.15, 0.2) is 0 Å². The van der Waals surface area contributed by atoms with Crippen molar-refractivity contribution in [3.8, 4) is 0 Å². The van der Waals surface area contributed by atoms with Gasteiger partial charge in [0.2, 0.25) is 0 Å². The van der Waals surface area contributed by atoms with Crippen molar-refractivity contribution in [2.45, 2.75) is 13.0 Å². The van der Waals surface area contributed by atoms with Gasteiger partial charge < -0.3 is 5.11 Å². The number of nitrogens with zero attached hydrogens (tertiary/aromatic N) is 2. The van der Waals surface area contributed by atoms with Crippen molar-refractivity contribution in [1.82, 2.24) is 9.97 Å². The van der Waals surface area contributed by atoms with Gasteiger partial charge in [0.25, 0.3) is 0 Å². The highest BCUT2D eigenvalue weighted by Gasteiger charge is 2.03. The molecule has 0 saturated carbocycles. The standard InChI is InChI=1S/C12H11BrN2O/c13-11-4-2-1-3-9(11)7-12-14-6-5-10(8-16)15-12/h1-6,16H,7-8H2. The Bertz CT molecular complexity index is 488. The van der Waals surface area contributed by atoms with E-state index in [2.05, 4.69) is 25.9 Å². The van der Waals surface area contributed by atoms with Crippen LogP contribution in [0.25, 0.3) is 0 Å². The van der Waals surface area contributed by atoms with Gasteiger partial charge in [-0.15, -0.1) is 0 Å². The van der Waals surface area contributed by atoms with E-state index in [0.29, 0.717) is 12.1 Å². The van der Waals surface area contributed by atoms with Crippen molar-refractivity contribution in [3.05, 3.63) is 58.1 Å². The molecule has 0 spiro atoms. The SMILES string of the molecule is OCc1ccnc(Cc2ccccc2Br)n1. The molecule has 0 atom stereocenters. The summed E-state index contributed by atoms with van der Waals surface area (Å²) in [7, 11) is 0. The lowest BCUT2D eigenvalue weighted by Crippen LogP contribution is -2.00. The average Bonchev–Trinajstić information content (AvgIpc) is 2.32. The van der Waals surface area contributed by atoms with Gasteiger partial charge in [0.05, 0.1) is 12.3 Å². The summed E-state index contributed by atoms with van der Waals surface area (Å²) in [5.74, 6) is 0.721. The van der Waals surface area contributed by atoms with Crippen molar-refractivity contribution >= 4 is 15.9 Å². The van der Waals surface area contributed by atoms with Gasteiger partial charge in [-0.1, -0.05) is 34.1 Å². The molecule has 2 rings (SSSR count). The fraction of sp³-hybridized carbons (Fsp3) is 0.167. The van der Waals surface area contributed by atoms with Crippen LogP contribution in [0.5, 0.6) is 0 Å². The summed E-state index contributed by atoms with van der Waals surface area (Å²) in [5, 5.41) is 8.98. The lowest BCUT2D eigenvalue weighted by Gasteiger charge is -2.04. The molecule has 2 aromatic rings. The molecular formula is C12H11BrN2O. The van der Waals surface area contributed by atoms with E-state index in [1.54, 1.807) is 12.3 Å². The topological polar surface area (TPSA) is 46.0 Å². The van der Waals surface area contributed by atoms with Gasteiger partial charge in [-0.3, -0.25) is 0 Å². The van der Waals surface area contributed by atoms with E-state index in [1.165, 1.54) is 0 Å². The van der Waals surface area contributed by atoms with E-state index >= 15 is 0 Å². The molecule has 3 nitrogen and oxygen atoms in total. The molecule has 0 unspecified atom stereocenters. The monoisotopic (exact) mass is 278 g/mol. The number of hydrogen-bond donors (Lipinski definition) is 1. The minimum atomic E-state index is -0.0501. The zero-order valence-corrected chi connectivity index (χ0v) is 10.2. The number of hydrogen-bond acceptors (Lipinski definition) is 3. The third-order valence-corrected chi connectivity index (χ3v) is 3.01. The van der Waals surface area contributed by atoms with Gasteiger partial charge in [-0.05, 0) is 17.7 Å². The Kier molecular flexibility index (Phi) is 3.64. The third kappa shape index (κ3) is 2.65. The molecule has 0 saturated heterocycles. The van der Waals surface area contributed by atoms with Crippen LogP contribution < -0.4 is 0 Å². The van der Waals surface area contributed by atoms with E-state index < -0.39 is 0 Å². The van der Waals surface area contributed by atoms with Crippen LogP contribution in [-0.2, 0) is 13.0 Å². The van der Waals surface area contributed by atoms with Crippen LogP contribution in [0.4, 0.5) is 0 Å². The van der Waals surface area contributed by atoms with E-state index in [0.717, 1.165) is 15.9 Å². The van der Waals surface area contributed by atoms with Crippen LogP contribution in [0.15, 0.2) is 41.0 Å². The highest BCUT2D eigenvalue weighted by atomic mass is 79.9. The van der Waals surface area contributed by atoms with E-state index in [4.69, 9.17) is 5.11 Å². The molecule has 0 aliphatic heterocycles. The Hall–Kier alpha value is -1.26. The summed E-state index contributed by atoms with van der Waals surface area (Å²) >= 11 is 3.48. The van der Waals surface area contributed by atoms with E-state index in [1.807, 2.05) is 24.3 Å². The molecule has 82 valence electrons. The smallest absolute Gasteiger partial charge is 0.133 e. The van der Waals surface area contributed by atoms with Crippen LogP contribution in [0.2, 0.25) is 0 Å². The molecule has 4 heteroatoms. The van der Waals surface area contributed by atoms with Crippen molar-refractivity contribution < 1.29 is 5.11 Å². The number of rotatable bonds is 3. The summed E-state index contributed by atoms with van der Waals surface area (Å²) in [6, 6.07) is 9.68. The van der Waals surface area contributed by atoms with Crippen molar-refractivity contribution in [3.63, 3.8) is 0 Å². The molecular weight excluding hydrogens is 268 g/mol.